The Balaban J connectivity index is 1.22. The van der Waals surface area contributed by atoms with Gasteiger partial charge < -0.3 is 9.64 Å². The number of aryl methyl sites for hydroxylation is 1. The van der Waals surface area contributed by atoms with Gasteiger partial charge in [0.1, 0.15) is 12.1 Å². The lowest BCUT2D eigenvalue weighted by atomic mass is 9.98. The number of hydrazone groups is 1. The molecule has 2 heterocycles. The fraction of sp³-hybridized carbons (Fsp3) is 0.281. The molecule has 0 saturated carbocycles. The molecule has 1 unspecified atom stereocenters. The van der Waals surface area contributed by atoms with Crippen LogP contribution in [-0.4, -0.2) is 49.9 Å². The molecular formula is C32H32F3N7OS2. The van der Waals surface area contributed by atoms with E-state index in [0.29, 0.717) is 23.3 Å². The summed E-state index contributed by atoms with van der Waals surface area (Å²) in [7, 11) is 0. The molecule has 8 nitrogen and oxygen atoms in total. The lowest BCUT2D eigenvalue weighted by Gasteiger charge is -2.35. The van der Waals surface area contributed by atoms with Gasteiger partial charge in [0.2, 0.25) is 5.11 Å². The summed E-state index contributed by atoms with van der Waals surface area (Å²) in [5, 5.41) is 9.86. The third kappa shape index (κ3) is 8.49. The second kappa shape index (κ2) is 13.8. The Morgan fingerprint density at radius 1 is 1.11 bits per heavy atom. The third-order valence-corrected chi connectivity index (χ3v) is 8.38. The van der Waals surface area contributed by atoms with Crippen LogP contribution in [0.4, 0.5) is 18.9 Å². The molecule has 1 fully saturated rings. The lowest BCUT2D eigenvalue weighted by Crippen LogP contribution is -2.40. The normalized spacial score (nSPS) is 16.5. The number of anilines is 1. The summed E-state index contributed by atoms with van der Waals surface area (Å²) in [5.41, 5.74) is 8.64. The number of thioether (sulfide) groups is 1. The van der Waals surface area contributed by atoms with E-state index in [9.17, 15) is 13.2 Å². The Bertz CT molecular complexity index is 1700. The molecule has 3 aromatic carbocycles. The van der Waals surface area contributed by atoms with Gasteiger partial charge in [-0.2, -0.15) is 10.1 Å². The van der Waals surface area contributed by atoms with Gasteiger partial charge in [-0.15, -0.1) is 18.3 Å². The minimum absolute atomic E-state index is 0.274. The molecular weight excluding hydrogens is 620 g/mol. The molecule has 0 spiro atoms. The maximum absolute atomic E-state index is 12.4. The van der Waals surface area contributed by atoms with Gasteiger partial charge in [-0.1, -0.05) is 68.9 Å². The average Bonchev–Trinajstić information content (AvgIpc) is 3.48. The Hall–Kier alpha value is -4.23. The van der Waals surface area contributed by atoms with Crippen molar-refractivity contribution in [3.8, 4) is 22.8 Å². The molecule has 1 N–H and O–H groups in total. The molecule has 1 aliphatic heterocycles. The zero-order valence-corrected chi connectivity index (χ0v) is 26.7. The second-order valence-corrected chi connectivity index (χ2v) is 12.4. The van der Waals surface area contributed by atoms with Crippen LogP contribution in [-0.2, 0) is 0 Å². The van der Waals surface area contributed by atoms with Gasteiger partial charge in [-0.3, -0.25) is 5.43 Å². The monoisotopic (exact) mass is 651 g/mol. The topological polar surface area (TPSA) is 79.9 Å². The highest BCUT2D eigenvalue weighted by Crippen LogP contribution is 2.34. The number of nitrogens with one attached hydrogen (secondary N) is 1. The highest BCUT2D eigenvalue weighted by molar-refractivity contribution is 8.14. The number of ether oxygens (including phenoxy) is 1. The molecule has 1 aromatic heterocycles. The largest absolute Gasteiger partial charge is 0.573 e. The maximum atomic E-state index is 12.4. The minimum atomic E-state index is -4.75. The molecule has 4 aromatic rings. The van der Waals surface area contributed by atoms with Crippen molar-refractivity contribution in [3.05, 3.63) is 89.7 Å². The van der Waals surface area contributed by atoms with Crippen molar-refractivity contribution < 1.29 is 17.9 Å². The van der Waals surface area contributed by atoms with Crippen LogP contribution in [0.15, 0.2) is 83.2 Å². The van der Waals surface area contributed by atoms with Crippen molar-refractivity contribution in [2.24, 2.45) is 16.0 Å². The molecule has 0 bridgehead atoms. The van der Waals surface area contributed by atoms with Gasteiger partial charge in [0.25, 0.3) is 0 Å². The molecule has 0 radical (unpaired) electrons. The summed E-state index contributed by atoms with van der Waals surface area (Å²) >= 11 is 7.22. The predicted octanol–water partition coefficient (Wildman–Crippen LogP) is 7.72. The van der Waals surface area contributed by atoms with Crippen molar-refractivity contribution >= 4 is 46.2 Å². The van der Waals surface area contributed by atoms with Crippen LogP contribution in [0.3, 0.4) is 0 Å². The number of hydrogen-bond acceptors (Lipinski definition) is 6. The predicted molar refractivity (Wildman–Crippen MR) is 178 cm³/mol. The van der Waals surface area contributed by atoms with Crippen molar-refractivity contribution in [2.75, 3.05) is 17.2 Å². The van der Waals surface area contributed by atoms with Gasteiger partial charge in [-0.25, -0.2) is 9.67 Å². The summed E-state index contributed by atoms with van der Waals surface area (Å²) < 4.78 is 42.6. The molecule has 5 rings (SSSR count). The maximum Gasteiger partial charge on any atom is 0.573 e. The third-order valence-electron chi connectivity index (χ3n) is 6.89. The summed E-state index contributed by atoms with van der Waals surface area (Å²) in [6, 6.07) is 19.4. The number of nitrogens with zero attached hydrogens (tertiary/aromatic N) is 6. The first kappa shape index (κ1) is 32.2. The van der Waals surface area contributed by atoms with Crippen molar-refractivity contribution in [2.45, 2.75) is 40.0 Å². The number of benzene rings is 3. The summed E-state index contributed by atoms with van der Waals surface area (Å²) in [4.78, 5) is 11.3. The fourth-order valence-electron chi connectivity index (χ4n) is 4.72. The number of rotatable bonds is 7. The second-order valence-electron chi connectivity index (χ2n) is 11.0. The summed E-state index contributed by atoms with van der Waals surface area (Å²) in [5.74, 6) is 2.00. The van der Waals surface area contributed by atoms with Crippen LogP contribution in [0.1, 0.15) is 43.4 Å². The van der Waals surface area contributed by atoms with E-state index in [-0.39, 0.29) is 10.9 Å². The first-order valence-corrected chi connectivity index (χ1v) is 15.7. The van der Waals surface area contributed by atoms with Crippen molar-refractivity contribution in [1.29, 1.82) is 0 Å². The molecule has 1 aliphatic rings. The van der Waals surface area contributed by atoms with Crippen LogP contribution < -0.4 is 15.1 Å². The smallest absolute Gasteiger partial charge is 0.406 e. The average molecular weight is 652 g/mol. The number of aliphatic imine (C=N–C) groups is 1. The van der Waals surface area contributed by atoms with E-state index in [1.807, 2.05) is 24.3 Å². The number of halogens is 3. The van der Waals surface area contributed by atoms with E-state index < -0.39 is 6.36 Å². The van der Waals surface area contributed by atoms with Crippen LogP contribution in [0.2, 0.25) is 0 Å². The van der Waals surface area contributed by atoms with Gasteiger partial charge in [-0.05, 0) is 78.0 Å². The van der Waals surface area contributed by atoms with Crippen LogP contribution in [0.5, 0.6) is 5.75 Å². The Labute approximate surface area is 269 Å². The SMILES string of the molecule is Cc1ccc(C(C)C)c(N2CC(C)CS/C2=N\C(=S)N/N=C/c2ccc(-c3ncn(-c4ccc(OC(F)(F)F)cc4)n3)cc2)c1. The first-order valence-electron chi connectivity index (χ1n) is 14.3. The van der Waals surface area contributed by atoms with Crippen LogP contribution in [0, 0.1) is 12.8 Å². The number of amidine groups is 1. The molecule has 234 valence electrons. The zero-order chi connectivity index (χ0) is 32.1. The quantitative estimate of drug-likeness (QED) is 0.125. The first-order chi connectivity index (χ1) is 21.4. The minimum Gasteiger partial charge on any atom is -0.406 e. The Kier molecular flexibility index (Phi) is 9.88. The summed E-state index contributed by atoms with van der Waals surface area (Å²) in [6.07, 6.45) is -1.60. The highest BCUT2D eigenvalue weighted by Gasteiger charge is 2.31. The molecule has 0 aliphatic carbocycles. The number of aromatic nitrogens is 3. The standard InChI is InChI=1S/C32H32F3N7OS2/c1-20(2)27-14-5-21(3)15-28(27)41-17-22(4)18-45-31(41)38-30(44)39-37-16-23-6-8-24(9-7-23)29-36-19-42(40-29)25-10-12-26(13-11-25)43-32(33,34)35/h5-16,19-20,22H,17-18H2,1-4H3,(H,39,44)/b37-16+,38-31-. The highest BCUT2D eigenvalue weighted by atomic mass is 32.2. The van der Waals surface area contributed by atoms with Crippen molar-refractivity contribution in [3.63, 3.8) is 0 Å². The molecule has 13 heteroatoms. The van der Waals surface area contributed by atoms with E-state index in [0.717, 1.165) is 28.6 Å². The van der Waals surface area contributed by atoms with Gasteiger partial charge in [0.05, 0.1) is 11.9 Å². The van der Waals surface area contributed by atoms with Gasteiger partial charge in [0.15, 0.2) is 11.0 Å². The van der Waals surface area contributed by atoms with E-state index in [1.165, 1.54) is 52.1 Å². The summed E-state index contributed by atoms with van der Waals surface area (Å²) in [6.45, 7) is 9.61. The Morgan fingerprint density at radius 3 is 2.53 bits per heavy atom. The van der Waals surface area contributed by atoms with Crippen LogP contribution in [0.25, 0.3) is 17.1 Å². The zero-order valence-electron chi connectivity index (χ0n) is 25.1. The molecule has 1 saturated heterocycles. The Morgan fingerprint density at radius 2 is 1.84 bits per heavy atom. The van der Waals surface area contributed by atoms with E-state index in [1.54, 1.807) is 18.0 Å². The molecule has 1 atom stereocenters. The lowest BCUT2D eigenvalue weighted by molar-refractivity contribution is -0.274. The van der Waals surface area contributed by atoms with Gasteiger partial charge in [0, 0.05) is 23.5 Å². The van der Waals surface area contributed by atoms with Crippen molar-refractivity contribution in [1.82, 2.24) is 20.2 Å². The van der Waals surface area contributed by atoms with E-state index in [4.69, 9.17) is 17.2 Å². The number of thiocarbonyl (C=S) groups is 1. The molecule has 45 heavy (non-hydrogen) atoms. The van der Waals surface area contributed by atoms with Crippen LogP contribution >= 0.6 is 24.0 Å². The van der Waals surface area contributed by atoms with E-state index >= 15 is 0 Å². The number of alkyl halides is 3. The van der Waals surface area contributed by atoms with E-state index in [2.05, 4.69) is 76.1 Å². The fourth-order valence-corrected chi connectivity index (χ4v) is 5.94. The number of hydrogen-bond donors (Lipinski definition) is 1. The van der Waals surface area contributed by atoms with Gasteiger partial charge >= 0.3 is 6.36 Å². The molecule has 0 amide bonds.